The highest BCUT2D eigenvalue weighted by Gasteiger charge is 2.06. The maximum Gasteiger partial charge on any atom is 0.311 e. The van der Waals surface area contributed by atoms with E-state index < -0.39 is 0 Å². The van der Waals surface area contributed by atoms with Crippen LogP contribution in [-0.4, -0.2) is 11.3 Å². The van der Waals surface area contributed by atoms with Gasteiger partial charge in [0.15, 0.2) is 0 Å². The predicted octanol–water partition coefficient (Wildman–Crippen LogP) is 4.20. The summed E-state index contributed by atoms with van der Waals surface area (Å²) in [6, 6.07) is 6.99. The van der Waals surface area contributed by atoms with Crippen LogP contribution in [0.15, 0.2) is 24.3 Å². The smallest absolute Gasteiger partial charge is 0.311 e. The third-order valence-electron chi connectivity index (χ3n) is 2.07. The van der Waals surface area contributed by atoms with Crippen molar-refractivity contribution in [1.29, 1.82) is 0 Å². The zero-order valence-electron chi connectivity index (χ0n) is 8.92. The molecule has 0 heterocycles. The van der Waals surface area contributed by atoms with E-state index in [2.05, 4.69) is 15.9 Å². The lowest BCUT2D eigenvalue weighted by atomic mass is 10.2. The van der Waals surface area contributed by atoms with Gasteiger partial charge < -0.3 is 4.74 Å². The molecule has 16 heavy (non-hydrogen) atoms. The van der Waals surface area contributed by atoms with Crippen LogP contribution in [0.4, 0.5) is 0 Å². The fourth-order valence-electron chi connectivity index (χ4n) is 1.24. The van der Waals surface area contributed by atoms with Gasteiger partial charge in [0.2, 0.25) is 0 Å². The average Bonchev–Trinajstić information content (AvgIpc) is 2.28. The number of alkyl halides is 1. The molecule has 0 radical (unpaired) electrons. The molecule has 4 heteroatoms. The molecule has 0 amide bonds. The summed E-state index contributed by atoms with van der Waals surface area (Å²) in [5.74, 6) is 0.220. The first-order chi connectivity index (χ1) is 7.74. The van der Waals surface area contributed by atoms with Crippen molar-refractivity contribution in [2.75, 3.05) is 5.33 Å². The first-order valence-electron chi connectivity index (χ1n) is 5.25. The van der Waals surface area contributed by atoms with Crippen LogP contribution in [0.3, 0.4) is 0 Å². The Balaban J connectivity index is 2.32. The molecule has 0 spiro atoms. The normalized spacial score (nSPS) is 10.1. The fourth-order valence-corrected chi connectivity index (χ4v) is 1.81. The number of unbranched alkanes of at least 4 members (excludes halogenated alkanes) is 2. The lowest BCUT2D eigenvalue weighted by molar-refractivity contribution is -0.134. The molecule has 0 saturated heterocycles. The van der Waals surface area contributed by atoms with E-state index in [1.165, 1.54) is 0 Å². The van der Waals surface area contributed by atoms with Gasteiger partial charge in [0.1, 0.15) is 5.75 Å². The molecule has 88 valence electrons. The maximum absolute atomic E-state index is 11.4. The number of esters is 1. The third-order valence-corrected chi connectivity index (χ3v) is 2.95. The molecule has 0 unspecified atom stereocenters. The fraction of sp³-hybridized carbons (Fsp3) is 0.417. The van der Waals surface area contributed by atoms with Gasteiger partial charge in [-0.2, -0.15) is 0 Å². The highest BCUT2D eigenvalue weighted by molar-refractivity contribution is 9.09. The Bertz CT molecular complexity index is 342. The van der Waals surface area contributed by atoms with E-state index in [-0.39, 0.29) is 5.97 Å². The lowest BCUT2D eigenvalue weighted by Gasteiger charge is -2.05. The lowest BCUT2D eigenvalue weighted by Crippen LogP contribution is -2.07. The third kappa shape index (κ3) is 4.99. The van der Waals surface area contributed by atoms with Gasteiger partial charge in [0.25, 0.3) is 0 Å². The molecule has 0 aliphatic heterocycles. The number of para-hydroxylation sites is 1. The van der Waals surface area contributed by atoms with Gasteiger partial charge >= 0.3 is 5.97 Å². The molecule has 1 aromatic carbocycles. The van der Waals surface area contributed by atoms with E-state index in [0.29, 0.717) is 17.2 Å². The molecular formula is C12H14BrClO2. The maximum atomic E-state index is 11.4. The van der Waals surface area contributed by atoms with Crippen molar-refractivity contribution in [2.24, 2.45) is 0 Å². The topological polar surface area (TPSA) is 26.3 Å². The number of benzene rings is 1. The molecule has 0 aromatic heterocycles. The molecule has 0 saturated carbocycles. The Morgan fingerprint density at radius 2 is 2.00 bits per heavy atom. The highest BCUT2D eigenvalue weighted by atomic mass is 79.9. The van der Waals surface area contributed by atoms with E-state index in [0.717, 1.165) is 24.6 Å². The van der Waals surface area contributed by atoms with E-state index in [4.69, 9.17) is 16.3 Å². The van der Waals surface area contributed by atoms with Crippen LogP contribution in [0.5, 0.6) is 5.75 Å². The number of ether oxygens (including phenoxy) is 1. The summed E-state index contributed by atoms with van der Waals surface area (Å²) < 4.78 is 5.14. The van der Waals surface area contributed by atoms with Crippen LogP contribution in [0, 0.1) is 0 Å². The molecule has 0 atom stereocenters. The minimum absolute atomic E-state index is 0.220. The van der Waals surface area contributed by atoms with Gasteiger partial charge in [-0.1, -0.05) is 46.1 Å². The molecule has 0 bridgehead atoms. The van der Waals surface area contributed by atoms with Crippen LogP contribution >= 0.6 is 27.5 Å². The Morgan fingerprint density at radius 3 is 2.69 bits per heavy atom. The van der Waals surface area contributed by atoms with Crippen molar-refractivity contribution in [3.8, 4) is 5.75 Å². The van der Waals surface area contributed by atoms with Gasteiger partial charge in [-0.15, -0.1) is 0 Å². The summed E-state index contributed by atoms with van der Waals surface area (Å²) in [5, 5.41) is 1.45. The van der Waals surface area contributed by atoms with Crippen LogP contribution in [0.2, 0.25) is 5.02 Å². The second kappa shape index (κ2) is 7.69. The van der Waals surface area contributed by atoms with Crippen molar-refractivity contribution in [2.45, 2.75) is 25.7 Å². The summed E-state index contributed by atoms with van der Waals surface area (Å²) in [6.07, 6.45) is 3.41. The summed E-state index contributed by atoms with van der Waals surface area (Å²) in [5.41, 5.74) is 0. The molecule has 0 fully saturated rings. The zero-order chi connectivity index (χ0) is 11.8. The van der Waals surface area contributed by atoms with Gasteiger partial charge in [-0.3, -0.25) is 4.79 Å². The standard InChI is InChI=1S/C12H14BrClO2/c13-9-5-1-2-8-12(15)16-11-7-4-3-6-10(11)14/h3-4,6-7H,1-2,5,8-9H2. The largest absolute Gasteiger partial charge is 0.425 e. The molecular weight excluding hydrogens is 291 g/mol. The van der Waals surface area contributed by atoms with Crippen molar-refractivity contribution < 1.29 is 9.53 Å². The number of halogens is 2. The minimum Gasteiger partial charge on any atom is -0.425 e. The Kier molecular flexibility index (Phi) is 6.50. The summed E-state index contributed by atoms with van der Waals surface area (Å²) >= 11 is 9.21. The minimum atomic E-state index is -0.220. The number of hydrogen-bond donors (Lipinski definition) is 0. The van der Waals surface area contributed by atoms with Crippen molar-refractivity contribution in [1.82, 2.24) is 0 Å². The van der Waals surface area contributed by atoms with E-state index in [1.54, 1.807) is 24.3 Å². The van der Waals surface area contributed by atoms with Crippen LogP contribution in [-0.2, 0) is 4.79 Å². The molecule has 1 aromatic rings. The van der Waals surface area contributed by atoms with Gasteiger partial charge in [-0.25, -0.2) is 0 Å². The second-order valence-electron chi connectivity index (χ2n) is 3.40. The first kappa shape index (κ1) is 13.5. The highest BCUT2D eigenvalue weighted by Crippen LogP contribution is 2.23. The van der Waals surface area contributed by atoms with Crippen molar-refractivity contribution in [3.63, 3.8) is 0 Å². The Morgan fingerprint density at radius 1 is 1.25 bits per heavy atom. The molecule has 0 N–H and O–H groups in total. The predicted molar refractivity (Wildman–Crippen MR) is 69.3 cm³/mol. The van der Waals surface area contributed by atoms with Gasteiger partial charge in [0, 0.05) is 11.8 Å². The quantitative estimate of drug-likeness (QED) is 0.341. The van der Waals surface area contributed by atoms with Gasteiger partial charge in [0.05, 0.1) is 5.02 Å². The van der Waals surface area contributed by atoms with Gasteiger partial charge in [-0.05, 0) is 25.0 Å². The van der Waals surface area contributed by atoms with Crippen LogP contribution < -0.4 is 4.74 Å². The summed E-state index contributed by atoms with van der Waals surface area (Å²) in [6.45, 7) is 0. The number of carbonyl (C=O) groups excluding carboxylic acids is 1. The first-order valence-corrected chi connectivity index (χ1v) is 6.75. The molecule has 2 nitrogen and oxygen atoms in total. The second-order valence-corrected chi connectivity index (χ2v) is 4.60. The molecule has 0 aliphatic rings. The van der Waals surface area contributed by atoms with Crippen molar-refractivity contribution >= 4 is 33.5 Å². The zero-order valence-corrected chi connectivity index (χ0v) is 11.3. The van der Waals surface area contributed by atoms with E-state index in [1.807, 2.05) is 0 Å². The van der Waals surface area contributed by atoms with Crippen LogP contribution in [0.1, 0.15) is 25.7 Å². The average molecular weight is 306 g/mol. The van der Waals surface area contributed by atoms with Crippen LogP contribution in [0.25, 0.3) is 0 Å². The summed E-state index contributed by atoms with van der Waals surface area (Å²) in [4.78, 5) is 11.4. The molecule has 1 rings (SSSR count). The van der Waals surface area contributed by atoms with Crippen molar-refractivity contribution in [3.05, 3.63) is 29.3 Å². The Hall–Kier alpha value is -0.540. The number of rotatable bonds is 6. The summed E-state index contributed by atoms with van der Waals surface area (Å²) in [7, 11) is 0. The molecule has 0 aliphatic carbocycles. The number of carbonyl (C=O) groups is 1. The van der Waals surface area contributed by atoms with E-state index in [9.17, 15) is 4.79 Å². The Labute approximate surface area is 109 Å². The number of hydrogen-bond acceptors (Lipinski definition) is 2. The van der Waals surface area contributed by atoms with E-state index >= 15 is 0 Å². The SMILES string of the molecule is O=C(CCCCCBr)Oc1ccccc1Cl. The monoisotopic (exact) mass is 304 g/mol.